The number of rotatable bonds is 6. The van der Waals surface area contributed by atoms with Crippen molar-refractivity contribution in [3.63, 3.8) is 0 Å². The smallest absolute Gasteiger partial charge is 0.243 e. The third-order valence-corrected chi connectivity index (χ3v) is 6.70. The fourth-order valence-corrected chi connectivity index (χ4v) is 4.76. The van der Waals surface area contributed by atoms with Gasteiger partial charge in [0.2, 0.25) is 10.0 Å². The summed E-state index contributed by atoms with van der Waals surface area (Å²) in [5, 5.41) is 4.06. The maximum absolute atomic E-state index is 12.7. The highest BCUT2D eigenvalue weighted by atomic mass is 32.2. The molecular formula is C21H22N2O4S. The standard InChI is InChI=1S/C21H22N2O4S/c24-28(25,23-13-5-2-6-14-23)20-11-9-18(10-12-20)26-16-19-15-21(22-27-19)17-7-3-1-4-8-17/h1,3-4,7-12,15H,2,5-6,13-14,16H2. The van der Waals surface area contributed by atoms with E-state index < -0.39 is 10.0 Å². The van der Waals surface area contributed by atoms with Gasteiger partial charge in [0, 0.05) is 24.7 Å². The second-order valence-electron chi connectivity index (χ2n) is 6.77. The fraction of sp³-hybridized carbons (Fsp3) is 0.286. The van der Waals surface area contributed by atoms with Crippen LogP contribution in [0, 0.1) is 0 Å². The normalized spacial score (nSPS) is 15.4. The van der Waals surface area contributed by atoms with Crippen molar-refractivity contribution in [1.82, 2.24) is 9.46 Å². The molecule has 1 aliphatic heterocycles. The van der Waals surface area contributed by atoms with E-state index in [1.54, 1.807) is 28.6 Å². The number of nitrogens with zero attached hydrogens (tertiary/aromatic N) is 2. The molecule has 0 amide bonds. The molecule has 0 radical (unpaired) electrons. The van der Waals surface area contributed by atoms with Gasteiger partial charge in [-0.05, 0) is 37.1 Å². The summed E-state index contributed by atoms with van der Waals surface area (Å²) >= 11 is 0. The van der Waals surface area contributed by atoms with E-state index >= 15 is 0 Å². The molecule has 6 nitrogen and oxygen atoms in total. The summed E-state index contributed by atoms with van der Waals surface area (Å²) in [4.78, 5) is 0.299. The summed E-state index contributed by atoms with van der Waals surface area (Å²) in [6.07, 6.45) is 2.93. The first-order valence-electron chi connectivity index (χ1n) is 9.37. The number of sulfonamides is 1. The topological polar surface area (TPSA) is 72.6 Å². The first-order chi connectivity index (χ1) is 13.6. The van der Waals surface area contributed by atoms with Gasteiger partial charge in [-0.25, -0.2) is 8.42 Å². The second-order valence-corrected chi connectivity index (χ2v) is 8.71. The van der Waals surface area contributed by atoms with Gasteiger partial charge < -0.3 is 9.26 Å². The SMILES string of the molecule is O=S(=O)(c1ccc(OCc2cc(-c3ccccc3)no2)cc1)N1CCCCC1. The molecule has 1 fully saturated rings. The lowest BCUT2D eigenvalue weighted by Crippen LogP contribution is -2.35. The van der Waals surface area contributed by atoms with E-state index in [0.29, 0.717) is 29.5 Å². The maximum atomic E-state index is 12.7. The first kappa shape index (κ1) is 18.7. The monoisotopic (exact) mass is 398 g/mol. The molecule has 0 aliphatic carbocycles. The highest BCUT2D eigenvalue weighted by molar-refractivity contribution is 7.89. The van der Waals surface area contributed by atoms with Crippen LogP contribution in [0.25, 0.3) is 11.3 Å². The number of hydrogen-bond donors (Lipinski definition) is 0. The minimum absolute atomic E-state index is 0.220. The van der Waals surface area contributed by atoms with Crippen molar-refractivity contribution in [2.45, 2.75) is 30.8 Å². The molecule has 2 heterocycles. The Bertz CT molecular complexity index is 1010. The van der Waals surface area contributed by atoms with Gasteiger partial charge in [-0.15, -0.1) is 0 Å². The van der Waals surface area contributed by atoms with Crippen LogP contribution < -0.4 is 4.74 Å². The van der Waals surface area contributed by atoms with E-state index in [-0.39, 0.29) is 6.61 Å². The van der Waals surface area contributed by atoms with Crippen molar-refractivity contribution in [3.8, 4) is 17.0 Å². The molecule has 1 saturated heterocycles. The Morgan fingerprint density at radius 3 is 2.39 bits per heavy atom. The molecule has 28 heavy (non-hydrogen) atoms. The third kappa shape index (κ3) is 4.10. The van der Waals surface area contributed by atoms with Crippen LogP contribution in [0.3, 0.4) is 0 Å². The van der Waals surface area contributed by atoms with Crippen LogP contribution in [0.4, 0.5) is 0 Å². The molecule has 0 saturated carbocycles. The fourth-order valence-electron chi connectivity index (χ4n) is 3.24. The average Bonchev–Trinajstić information content (AvgIpc) is 3.23. The van der Waals surface area contributed by atoms with E-state index in [2.05, 4.69) is 5.16 Å². The molecule has 2 aromatic carbocycles. The van der Waals surface area contributed by atoms with Crippen LogP contribution >= 0.6 is 0 Å². The number of aromatic nitrogens is 1. The number of piperidine rings is 1. The quantitative estimate of drug-likeness (QED) is 0.625. The molecule has 0 bridgehead atoms. The lowest BCUT2D eigenvalue weighted by Gasteiger charge is -2.25. The Labute approximate surface area is 164 Å². The Balaban J connectivity index is 1.39. The van der Waals surface area contributed by atoms with E-state index in [1.807, 2.05) is 36.4 Å². The predicted octanol–water partition coefficient (Wildman–Crippen LogP) is 4.10. The largest absolute Gasteiger partial charge is 0.486 e. The van der Waals surface area contributed by atoms with Gasteiger partial charge in [0.05, 0.1) is 4.90 Å². The Morgan fingerprint density at radius 2 is 1.68 bits per heavy atom. The number of hydrogen-bond acceptors (Lipinski definition) is 5. The Hall–Kier alpha value is -2.64. The van der Waals surface area contributed by atoms with Crippen LogP contribution in [0.5, 0.6) is 5.75 Å². The van der Waals surface area contributed by atoms with Crippen LogP contribution in [0.2, 0.25) is 0 Å². The molecule has 1 aromatic heterocycles. The molecule has 0 spiro atoms. The Kier molecular flexibility index (Phi) is 5.45. The van der Waals surface area contributed by atoms with Gasteiger partial charge >= 0.3 is 0 Å². The lowest BCUT2D eigenvalue weighted by molar-refractivity contribution is 0.249. The van der Waals surface area contributed by atoms with Crippen molar-refractivity contribution >= 4 is 10.0 Å². The van der Waals surface area contributed by atoms with Crippen molar-refractivity contribution in [2.24, 2.45) is 0 Å². The molecule has 0 N–H and O–H groups in total. The second kappa shape index (κ2) is 8.16. The molecular weight excluding hydrogens is 376 g/mol. The molecule has 0 unspecified atom stereocenters. The van der Waals surface area contributed by atoms with Crippen molar-refractivity contribution in [2.75, 3.05) is 13.1 Å². The molecule has 146 valence electrons. The number of ether oxygens (including phenoxy) is 1. The van der Waals surface area contributed by atoms with Gasteiger partial charge in [0.1, 0.15) is 18.1 Å². The van der Waals surface area contributed by atoms with Gasteiger partial charge in [-0.2, -0.15) is 4.31 Å². The summed E-state index contributed by atoms with van der Waals surface area (Å²) in [6, 6.07) is 18.1. The lowest BCUT2D eigenvalue weighted by atomic mass is 10.1. The summed E-state index contributed by atoms with van der Waals surface area (Å²) in [7, 11) is -3.42. The summed E-state index contributed by atoms with van der Waals surface area (Å²) in [5.41, 5.74) is 1.73. The zero-order valence-electron chi connectivity index (χ0n) is 15.5. The van der Waals surface area contributed by atoms with Crippen LogP contribution in [-0.2, 0) is 16.6 Å². The zero-order valence-corrected chi connectivity index (χ0v) is 16.3. The third-order valence-electron chi connectivity index (χ3n) is 4.79. The van der Waals surface area contributed by atoms with Crippen LogP contribution in [0.1, 0.15) is 25.0 Å². The zero-order chi connectivity index (χ0) is 19.4. The Morgan fingerprint density at radius 1 is 0.964 bits per heavy atom. The van der Waals surface area contributed by atoms with Crippen LogP contribution in [-0.4, -0.2) is 31.0 Å². The average molecular weight is 398 g/mol. The van der Waals surface area contributed by atoms with Crippen molar-refractivity contribution in [1.29, 1.82) is 0 Å². The first-order valence-corrected chi connectivity index (χ1v) is 10.8. The van der Waals surface area contributed by atoms with Gasteiger partial charge in [0.25, 0.3) is 0 Å². The highest BCUT2D eigenvalue weighted by Gasteiger charge is 2.25. The van der Waals surface area contributed by atoms with Gasteiger partial charge in [-0.1, -0.05) is 41.9 Å². The van der Waals surface area contributed by atoms with Crippen molar-refractivity contribution < 1.29 is 17.7 Å². The molecule has 3 aromatic rings. The maximum Gasteiger partial charge on any atom is 0.243 e. The van der Waals surface area contributed by atoms with E-state index in [1.165, 1.54) is 0 Å². The summed E-state index contributed by atoms with van der Waals surface area (Å²) in [6.45, 7) is 1.41. The van der Waals surface area contributed by atoms with E-state index in [0.717, 1.165) is 30.5 Å². The van der Waals surface area contributed by atoms with E-state index in [9.17, 15) is 8.42 Å². The van der Waals surface area contributed by atoms with Crippen molar-refractivity contribution in [3.05, 3.63) is 66.4 Å². The molecule has 1 aliphatic rings. The minimum atomic E-state index is -3.42. The highest BCUT2D eigenvalue weighted by Crippen LogP contribution is 2.24. The molecule has 7 heteroatoms. The number of benzene rings is 2. The minimum Gasteiger partial charge on any atom is -0.486 e. The van der Waals surface area contributed by atoms with Gasteiger partial charge in [0.15, 0.2) is 5.76 Å². The van der Waals surface area contributed by atoms with Gasteiger partial charge in [-0.3, -0.25) is 0 Å². The summed E-state index contributed by atoms with van der Waals surface area (Å²) < 4.78 is 37.9. The van der Waals surface area contributed by atoms with Crippen LogP contribution in [0.15, 0.2) is 70.1 Å². The van der Waals surface area contributed by atoms with E-state index in [4.69, 9.17) is 9.26 Å². The predicted molar refractivity (Wildman–Crippen MR) is 105 cm³/mol. The summed E-state index contributed by atoms with van der Waals surface area (Å²) in [5.74, 6) is 1.18. The molecule has 0 atom stereocenters. The molecule has 4 rings (SSSR count).